The number of piperidine rings is 2. The normalized spacial score (nSPS) is 20.0. The number of benzene rings is 3. The molecule has 0 saturated carbocycles. The summed E-state index contributed by atoms with van der Waals surface area (Å²) in [7, 11) is 0. The van der Waals surface area contributed by atoms with E-state index in [0.29, 0.717) is 55.6 Å². The molecule has 3 aromatic carbocycles. The van der Waals surface area contributed by atoms with Crippen molar-refractivity contribution in [2.75, 3.05) is 62.6 Å². The van der Waals surface area contributed by atoms with Gasteiger partial charge in [-0.2, -0.15) is 0 Å². The fourth-order valence-electron chi connectivity index (χ4n) is 8.89. The summed E-state index contributed by atoms with van der Waals surface area (Å²) >= 11 is 6.64. The van der Waals surface area contributed by atoms with Crippen LogP contribution in [0.1, 0.15) is 75.2 Å². The maximum Gasteiger partial charge on any atom is 0.262 e. The van der Waals surface area contributed by atoms with Crippen LogP contribution in [0.5, 0.6) is 11.5 Å². The number of H-pyrrole nitrogens is 1. The van der Waals surface area contributed by atoms with Crippen LogP contribution in [0.4, 0.5) is 11.5 Å². The molecule has 61 heavy (non-hydrogen) atoms. The minimum Gasteiger partial charge on any atom is -0.457 e. The van der Waals surface area contributed by atoms with Crippen molar-refractivity contribution in [1.82, 2.24) is 35.0 Å². The molecule has 9 rings (SSSR count). The van der Waals surface area contributed by atoms with Gasteiger partial charge in [0.05, 0.1) is 27.1 Å². The van der Waals surface area contributed by atoms with Crippen molar-refractivity contribution in [3.05, 3.63) is 107 Å². The monoisotopic (exact) mass is 843 g/mol. The number of carbonyl (C=O) groups is 5. The van der Waals surface area contributed by atoms with Crippen LogP contribution in [0.25, 0.3) is 11.0 Å². The Balaban J connectivity index is 0.746. The number of aromatic nitrogens is 3. The highest BCUT2D eigenvalue weighted by Crippen LogP contribution is 2.33. The van der Waals surface area contributed by atoms with E-state index in [1.165, 1.54) is 6.33 Å². The topological polar surface area (TPSA) is 173 Å². The van der Waals surface area contributed by atoms with Crippen LogP contribution in [0.3, 0.4) is 0 Å². The van der Waals surface area contributed by atoms with Gasteiger partial charge >= 0.3 is 0 Å². The van der Waals surface area contributed by atoms with Crippen molar-refractivity contribution in [3.8, 4) is 11.5 Å². The summed E-state index contributed by atoms with van der Waals surface area (Å²) in [5, 5.41) is 6.82. The van der Waals surface area contributed by atoms with Crippen molar-refractivity contribution in [2.45, 2.75) is 50.6 Å². The predicted octanol–water partition coefficient (Wildman–Crippen LogP) is 5.51. The molecule has 0 aliphatic carbocycles. The number of likely N-dealkylation sites (tertiary alicyclic amines) is 1. The Morgan fingerprint density at radius 2 is 1.61 bits per heavy atom. The summed E-state index contributed by atoms with van der Waals surface area (Å²) in [5.74, 6) is -0.382. The quantitative estimate of drug-likeness (QED) is 0.0772. The fraction of sp³-hybridized carbons (Fsp3) is 0.356. The first-order valence-electron chi connectivity index (χ1n) is 20.9. The molecule has 3 fully saturated rings. The van der Waals surface area contributed by atoms with Crippen molar-refractivity contribution in [3.63, 3.8) is 0 Å². The Bertz CT molecular complexity index is 2500. The van der Waals surface area contributed by atoms with Crippen LogP contribution < -0.4 is 20.3 Å². The average molecular weight is 844 g/mol. The van der Waals surface area contributed by atoms with E-state index in [-0.39, 0.29) is 24.7 Å². The van der Waals surface area contributed by atoms with E-state index in [9.17, 15) is 24.0 Å². The molecular formula is C45H46ClN9O6. The Labute approximate surface area is 357 Å². The SMILES string of the molecule is O=C1CCC(N2C(=O)c3ccc(N4CCN(CCCCN5CCC[C@@H](Nc6ncnc7[nH]cc(C(=O)c8ccc(Oc9ccccc9)cc8Cl)c67)C5)CC4)cc3C2=O)C(=O)N1. The summed E-state index contributed by atoms with van der Waals surface area (Å²) in [6.45, 7) is 7.26. The summed E-state index contributed by atoms with van der Waals surface area (Å²) in [5.41, 5.74) is 2.86. The number of ketones is 1. The van der Waals surface area contributed by atoms with Gasteiger partial charge in [-0.3, -0.25) is 39.1 Å². The number of halogens is 1. The third kappa shape index (κ3) is 8.45. The number of anilines is 2. The molecule has 0 radical (unpaired) electrons. The standard InChI is InChI=1S/C45H46ClN9O6/c46-36-24-31(61-30-8-2-1-3-9-30)11-13-33(36)40(57)35-25-47-41-39(35)42(49-27-48-41)50-28-7-6-18-53(26-28)17-5-4-16-52-19-21-54(22-20-52)29-10-12-32-34(23-29)45(60)55(44(32)59)37-14-15-38(56)51-43(37)58/h1-3,8-13,23-25,27-28,37H,4-7,14-22,26H2,(H,51,56,58)(H2,47,48,49,50)/t28-,37?/m1/s1. The predicted molar refractivity (Wildman–Crippen MR) is 229 cm³/mol. The Morgan fingerprint density at radius 1 is 0.820 bits per heavy atom. The number of ether oxygens (including phenoxy) is 1. The number of unbranched alkanes of at least 4 members (excludes halogenated alkanes) is 1. The molecular weight excluding hydrogens is 798 g/mol. The zero-order chi connectivity index (χ0) is 42.0. The third-order valence-corrected chi connectivity index (χ3v) is 12.4. The van der Waals surface area contributed by atoms with Gasteiger partial charge in [0.15, 0.2) is 5.78 Å². The lowest BCUT2D eigenvalue weighted by Gasteiger charge is -2.36. The lowest BCUT2D eigenvalue weighted by Crippen LogP contribution is -2.54. The molecule has 4 aliphatic heterocycles. The molecule has 0 spiro atoms. The van der Waals surface area contributed by atoms with E-state index >= 15 is 0 Å². The number of nitrogens with zero attached hydrogens (tertiary/aromatic N) is 6. The van der Waals surface area contributed by atoms with E-state index < -0.39 is 29.7 Å². The van der Waals surface area contributed by atoms with E-state index in [2.05, 4.69) is 40.3 Å². The van der Waals surface area contributed by atoms with Crippen LogP contribution >= 0.6 is 11.6 Å². The number of piperazine rings is 1. The Kier molecular flexibility index (Phi) is 11.5. The van der Waals surface area contributed by atoms with Crippen molar-refractivity contribution in [2.24, 2.45) is 0 Å². The zero-order valence-electron chi connectivity index (χ0n) is 33.6. The minimum atomic E-state index is -0.976. The second-order valence-electron chi connectivity index (χ2n) is 16.0. The number of hydrogen-bond donors (Lipinski definition) is 3. The second kappa shape index (κ2) is 17.4. The molecule has 2 aromatic heterocycles. The zero-order valence-corrected chi connectivity index (χ0v) is 34.3. The van der Waals surface area contributed by atoms with Gasteiger partial charge in [0, 0.05) is 68.7 Å². The number of aromatic amines is 1. The molecule has 4 aliphatic rings. The van der Waals surface area contributed by atoms with E-state index in [0.717, 1.165) is 88.6 Å². The molecule has 6 heterocycles. The van der Waals surface area contributed by atoms with Crippen LogP contribution in [0.15, 0.2) is 79.3 Å². The van der Waals surface area contributed by atoms with Crippen molar-refractivity contribution >= 4 is 63.6 Å². The number of hydrogen-bond acceptors (Lipinski definition) is 12. The van der Waals surface area contributed by atoms with Gasteiger partial charge in [0.2, 0.25) is 11.8 Å². The summed E-state index contributed by atoms with van der Waals surface area (Å²) in [6, 6.07) is 19.0. The molecule has 15 nitrogen and oxygen atoms in total. The van der Waals surface area contributed by atoms with E-state index in [1.54, 1.807) is 36.5 Å². The van der Waals surface area contributed by atoms with E-state index in [1.807, 2.05) is 36.4 Å². The van der Waals surface area contributed by atoms with Crippen LogP contribution in [0, 0.1) is 0 Å². The first kappa shape index (κ1) is 40.3. The number of para-hydroxylation sites is 1. The maximum absolute atomic E-state index is 13.9. The molecule has 3 saturated heterocycles. The molecule has 3 N–H and O–H groups in total. The number of rotatable bonds is 13. The van der Waals surface area contributed by atoms with Gasteiger partial charge in [0.1, 0.15) is 35.3 Å². The molecule has 16 heteroatoms. The lowest BCUT2D eigenvalue weighted by atomic mass is 10.0. The largest absolute Gasteiger partial charge is 0.457 e. The molecule has 4 amide bonds. The lowest BCUT2D eigenvalue weighted by molar-refractivity contribution is -0.136. The van der Waals surface area contributed by atoms with Gasteiger partial charge in [0.25, 0.3) is 11.8 Å². The number of fused-ring (bicyclic) bond motifs is 2. The highest BCUT2D eigenvalue weighted by molar-refractivity contribution is 6.36. The summed E-state index contributed by atoms with van der Waals surface area (Å²) in [6.07, 6.45) is 7.58. The summed E-state index contributed by atoms with van der Waals surface area (Å²) < 4.78 is 5.91. The van der Waals surface area contributed by atoms with Crippen molar-refractivity contribution < 1.29 is 28.7 Å². The first-order chi connectivity index (χ1) is 29.7. The molecule has 1 unspecified atom stereocenters. The molecule has 314 valence electrons. The van der Waals surface area contributed by atoms with Gasteiger partial charge < -0.3 is 24.8 Å². The minimum absolute atomic E-state index is 0.0894. The Morgan fingerprint density at radius 3 is 2.39 bits per heavy atom. The van der Waals surface area contributed by atoms with Gasteiger partial charge in [-0.25, -0.2) is 9.97 Å². The molecule has 5 aromatic rings. The van der Waals surface area contributed by atoms with Crippen LogP contribution in [-0.2, 0) is 9.59 Å². The number of nitrogens with one attached hydrogen (secondary N) is 3. The van der Waals surface area contributed by atoms with Crippen LogP contribution in [0.2, 0.25) is 5.02 Å². The summed E-state index contributed by atoms with van der Waals surface area (Å²) in [4.78, 5) is 84.8. The highest BCUT2D eigenvalue weighted by atomic mass is 35.5. The number of carbonyl (C=O) groups excluding carboxylic acids is 5. The molecule has 0 bridgehead atoms. The van der Waals surface area contributed by atoms with Gasteiger partial charge in [-0.1, -0.05) is 29.8 Å². The number of amides is 4. The molecule has 2 atom stereocenters. The maximum atomic E-state index is 13.9. The van der Waals surface area contributed by atoms with Crippen molar-refractivity contribution in [1.29, 1.82) is 0 Å². The Hall–Kier alpha value is -6.16. The van der Waals surface area contributed by atoms with Gasteiger partial charge in [-0.15, -0.1) is 0 Å². The third-order valence-electron chi connectivity index (χ3n) is 12.1. The fourth-order valence-corrected chi connectivity index (χ4v) is 9.15. The van der Waals surface area contributed by atoms with E-state index in [4.69, 9.17) is 16.3 Å². The van der Waals surface area contributed by atoms with Crippen LogP contribution in [-0.4, -0.2) is 124 Å². The highest BCUT2D eigenvalue weighted by Gasteiger charge is 2.45. The smallest absolute Gasteiger partial charge is 0.262 e. The average Bonchev–Trinajstić information content (AvgIpc) is 3.81. The number of imide groups is 2. The first-order valence-corrected chi connectivity index (χ1v) is 21.3. The van der Waals surface area contributed by atoms with Gasteiger partial charge in [-0.05, 0) is 94.2 Å². The second-order valence-corrected chi connectivity index (χ2v) is 16.4.